The number of nitrogens with one attached hydrogen (secondary N) is 1. The number of halogens is 1. The van der Waals surface area contributed by atoms with Crippen LogP contribution in [-0.2, 0) is 14.8 Å². The largest absolute Gasteiger partial charge is 0.495 e. The molecule has 1 N–H and O–H groups in total. The van der Waals surface area contributed by atoms with Crippen molar-refractivity contribution in [2.45, 2.75) is 18.2 Å². The Bertz CT molecular complexity index is 531. The van der Waals surface area contributed by atoms with Gasteiger partial charge in [0.25, 0.3) is 0 Å². The highest BCUT2D eigenvalue weighted by Gasteiger charge is 2.18. The van der Waals surface area contributed by atoms with Crippen LogP contribution in [0.15, 0.2) is 17.0 Å². The summed E-state index contributed by atoms with van der Waals surface area (Å²) in [7, 11) is -0.509. The first-order chi connectivity index (χ1) is 8.92. The fraction of sp³-hybridized carbons (Fsp3) is 0.500. The van der Waals surface area contributed by atoms with E-state index in [9.17, 15) is 8.42 Å². The molecule has 0 fully saturated rings. The minimum atomic E-state index is -3.56. The number of benzene rings is 1. The molecule has 1 aromatic rings. The zero-order chi connectivity index (χ0) is 14.5. The molecule has 1 rings (SSSR count). The van der Waals surface area contributed by atoms with Crippen LogP contribution in [0.4, 0.5) is 0 Å². The minimum absolute atomic E-state index is 0.163. The lowest BCUT2D eigenvalue weighted by Crippen LogP contribution is -2.26. The molecule has 1 aromatic carbocycles. The van der Waals surface area contributed by atoms with Crippen LogP contribution in [0.2, 0.25) is 5.02 Å². The Balaban J connectivity index is 2.92. The van der Waals surface area contributed by atoms with E-state index in [2.05, 4.69) is 4.72 Å². The summed E-state index contributed by atoms with van der Waals surface area (Å²) < 4.78 is 36.6. The molecule has 0 spiro atoms. The van der Waals surface area contributed by atoms with E-state index in [4.69, 9.17) is 21.1 Å². The number of sulfonamides is 1. The number of rotatable bonds is 7. The second-order valence-electron chi connectivity index (χ2n) is 4.00. The van der Waals surface area contributed by atoms with Gasteiger partial charge in [-0.25, -0.2) is 13.1 Å². The van der Waals surface area contributed by atoms with Gasteiger partial charge in [-0.3, -0.25) is 0 Å². The summed E-state index contributed by atoms with van der Waals surface area (Å²) in [6.45, 7) is 2.52. The van der Waals surface area contributed by atoms with Crippen molar-refractivity contribution in [3.63, 3.8) is 0 Å². The topological polar surface area (TPSA) is 64.6 Å². The van der Waals surface area contributed by atoms with Gasteiger partial charge in [0.1, 0.15) is 5.75 Å². The number of hydrogen-bond acceptors (Lipinski definition) is 4. The van der Waals surface area contributed by atoms with Crippen LogP contribution in [0.5, 0.6) is 5.75 Å². The molecule has 0 amide bonds. The molecule has 0 aliphatic heterocycles. The van der Waals surface area contributed by atoms with E-state index >= 15 is 0 Å². The molecule has 0 atom stereocenters. The van der Waals surface area contributed by atoms with E-state index in [0.29, 0.717) is 30.9 Å². The van der Waals surface area contributed by atoms with Crippen LogP contribution < -0.4 is 9.46 Å². The molecule has 0 aliphatic rings. The number of aryl methyl sites for hydroxylation is 1. The van der Waals surface area contributed by atoms with Crippen molar-refractivity contribution in [3.8, 4) is 5.75 Å². The number of hydrogen-bond donors (Lipinski definition) is 1. The molecule has 0 heterocycles. The second-order valence-corrected chi connectivity index (χ2v) is 6.14. The molecule has 0 aromatic heterocycles. The standard InChI is InChI=1S/C12H18ClNO4S/c1-9-7-11(18-3)10(13)8-12(9)19(15,16)14-5-4-6-17-2/h7-8,14H,4-6H2,1-3H3. The van der Waals surface area contributed by atoms with Crippen LogP contribution in [0.3, 0.4) is 0 Å². The maximum absolute atomic E-state index is 12.1. The molecular formula is C12H18ClNO4S. The van der Waals surface area contributed by atoms with Gasteiger partial charge in [0, 0.05) is 20.3 Å². The Morgan fingerprint density at radius 3 is 2.58 bits per heavy atom. The molecule has 0 unspecified atom stereocenters. The molecule has 19 heavy (non-hydrogen) atoms. The highest BCUT2D eigenvalue weighted by molar-refractivity contribution is 7.89. The number of ether oxygens (including phenoxy) is 2. The van der Waals surface area contributed by atoms with Crippen molar-refractivity contribution in [1.29, 1.82) is 0 Å². The zero-order valence-electron chi connectivity index (χ0n) is 11.2. The Morgan fingerprint density at radius 2 is 2.00 bits per heavy atom. The van der Waals surface area contributed by atoms with Crippen LogP contribution in [0, 0.1) is 6.92 Å². The predicted molar refractivity (Wildman–Crippen MR) is 74.4 cm³/mol. The first-order valence-corrected chi connectivity index (χ1v) is 7.61. The lowest BCUT2D eigenvalue weighted by molar-refractivity contribution is 0.196. The van der Waals surface area contributed by atoms with E-state index in [-0.39, 0.29) is 9.92 Å². The Labute approximate surface area is 118 Å². The first kappa shape index (κ1) is 16.2. The molecule has 0 aliphatic carbocycles. The summed E-state index contributed by atoms with van der Waals surface area (Å²) >= 11 is 5.95. The van der Waals surface area contributed by atoms with Crippen molar-refractivity contribution in [2.24, 2.45) is 0 Å². The average molecular weight is 308 g/mol. The molecule has 5 nitrogen and oxygen atoms in total. The normalized spacial score (nSPS) is 11.6. The third-order valence-electron chi connectivity index (χ3n) is 2.56. The molecule has 0 saturated carbocycles. The van der Waals surface area contributed by atoms with Crippen molar-refractivity contribution >= 4 is 21.6 Å². The molecule has 7 heteroatoms. The second kappa shape index (κ2) is 7.09. The predicted octanol–water partition coefficient (Wildman–Crippen LogP) is 1.97. The number of methoxy groups -OCH3 is 2. The summed E-state index contributed by atoms with van der Waals surface area (Å²) in [5.41, 5.74) is 0.584. The summed E-state index contributed by atoms with van der Waals surface area (Å²) in [6.07, 6.45) is 0.610. The Morgan fingerprint density at radius 1 is 1.32 bits per heavy atom. The first-order valence-electron chi connectivity index (χ1n) is 5.75. The molecule has 108 valence electrons. The van der Waals surface area contributed by atoms with Crippen LogP contribution in [-0.4, -0.2) is 35.8 Å². The van der Waals surface area contributed by atoms with E-state index in [0.717, 1.165) is 0 Å². The van der Waals surface area contributed by atoms with Gasteiger partial charge in [0.05, 0.1) is 17.0 Å². The average Bonchev–Trinajstić information content (AvgIpc) is 2.36. The summed E-state index contributed by atoms with van der Waals surface area (Å²) in [5, 5.41) is 0.269. The lowest BCUT2D eigenvalue weighted by atomic mass is 10.2. The zero-order valence-corrected chi connectivity index (χ0v) is 12.8. The molecular weight excluding hydrogens is 290 g/mol. The summed E-state index contributed by atoms with van der Waals surface area (Å²) in [6, 6.07) is 3.00. The molecule has 0 radical (unpaired) electrons. The van der Waals surface area contributed by atoms with Gasteiger partial charge in [0.15, 0.2) is 0 Å². The quantitative estimate of drug-likeness (QED) is 0.782. The summed E-state index contributed by atoms with van der Waals surface area (Å²) in [5.74, 6) is 0.456. The minimum Gasteiger partial charge on any atom is -0.495 e. The van der Waals surface area contributed by atoms with Crippen molar-refractivity contribution < 1.29 is 17.9 Å². The highest BCUT2D eigenvalue weighted by Crippen LogP contribution is 2.29. The lowest BCUT2D eigenvalue weighted by Gasteiger charge is -2.11. The smallest absolute Gasteiger partial charge is 0.240 e. The van der Waals surface area contributed by atoms with Crippen molar-refractivity contribution in [3.05, 3.63) is 22.7 Å². The third kappa shape index (κ3) is 4.35. The van der Waals surface area contributed by atoms with Crippen molar-refractivity contribution in [1.82, 2.24) is 4.72 Å². The van der Waals surface area contributed by atoms with Gasteiger partial charge in [-0.2, -0.15) is 0 Å². The maximum Gasteiger partial charge on any atom is 0.240 e. The monoisotopic (exact) mass is 307 g/mol. The third-order valence-corrected chi connectivity index (χ3v) is 4.45. The van der Waals surface area contributed by atoms with E-state index in [1.807, 2.05) is 0 Å². The van der Waals surface area contributed by atoms with E-state index in [1.165, 1.54) is 13.2 Å². The van der Waals surface area contributed by atoms with Gasteiger partial charge in [-0.05, 0) is 31.0 Å². The van der Waals surface area contributed by atoms with Gasteiger partial charge in [0.2, 0.25) is 10.0 Å². The van der Waals surface area contributed by atoms with Crippen LogP contribution in [0.1, 0.15) is 12.0 Å². The fourth-order valence-electron chi connectivity index (χ4n) is 1.58. The Kier molecular flexibility index (Phi) is 6.06. The van der Waals surface area contributed by atoms with Crippen LogP contribution >= 0.6 is 11.6 Å². The summed E-state index contributed by atoms with van der Waals surface area (Å²) in [4.78, 5) is 0.163. The highest BCUT2D eigenvalue weighted by atomic mass is 35.5. The molecule has 0 saturated heterocycles. The van der Waals surface area contributed by atoms with E-state index in [1.54, 1.807) is 20.1 Å². The Hall–Kier alpha value is -0.820. The van der Waals surface area contributed by atoms with Gasteiger partial charge >= 0.3 is 0 Å². The fourth-order valence-corrected chi connectivity index (χ4v) is 3.21. The SMILES string of the molecule is COCCCNS(=O)(=O)c1cc(Cl)c(OC)cc1C. The van der Waals surface area contributed by atoms with Crippen molar-refractivity contribution in [2.75, 3.05) is 27.4 Å². The van der Waals surface area contributed by atoms with E-state index < -0.39 is 10.0 Å². The van der Waals surface area contributed by atoms with Gasteiger partial charge < -0.3 is 9.47 Å². The maximum atomic E-state index is 12.1. The van der Waals surface area contributed by atoms with Crippen LogP contribution in [0.25, 0.3) is 0 Å². The van der Waals surface area contributed by atoms with Gasteiger partial charge in [-0.15, -0.1) is 0 Å². The molecule has 0 bridgehead atoms. The van der Waals surface area contributed by atoms with Gasteiger partial charge in [-0.1, -0.05) is 11.6 Å².